The van der Waals surface area contributed by atoms with Crippen molar-refractivity contribution in [2.24, 2.45) is 0 Å². The van der Waals surface area contributed by atoms with Crippen LogP contribution in [0.4, 0.5) is 4.39 Å². The lowest BCUT2D eigenvalue weighted by molar-refractivity contribution is 0.563. The SMILES string of the molecule is CCNC(c1ccc(Br)s1)c1ccc(Cl)cc1F. The van der Waals surface area contributed by atoms with Crippen LogP contribution in [-0.2, 0) is 0 Å². The molecular formula is C13H12BrClFNS. The highest BCUT2D eigenvalue weighted by Gasteiger charge is 2.18. The van der Waals surface area contributed by atoms with Crippen molar-refractivity contribution in [3.8, 4) is 0 Å². The number of nitrogens with one attached hydrogen (secondary N) is 1. The predicted octanol–water partition coefficient (Wildman–Crippen LogP) is 5.00. The normalized spacial score (nSPS) is 12.7. The van der Waals surface area contributed by atoms with E-state index in [0.717, 1.165) is 15.2 Å². The molecule has 18 heavy (non-hydrogen) atoms. The average Bonchev–Trinajstić information content (AvgIpc) is 2.73. The van der Waals surface area contributed by atoms with Gasteiger partial charge in [0, 0.05) is 15.5 Å². The van der Waals surface area contributed by atoms with E-state index in [9.17, 15) is 4.39 Å². The first-order valence-electron chi connectivity index (χ1n) is 5.55. The summed E-state index contributed by atoms with van der Waals surface area (Å²) in [5.74, 6) is -0.280. The number of halogens is 3. The molecule has 0 saturated carbocycles. The lowest BCUT2D eigenvalue weighted by atomic mass is 10.0. The molecule has 0 aliphatic carbocycles. The smallest absolute Gasteiger partial charge is 0.129 e. The Labute approximate surface area is 123 Å². The predicted molar refractivity (Wildman–Crippen MR) is 78.9 cm³/mol. The van der Waals surface area contributed by atoms with Crippen molar-refractivity contribution in [2.75, 3.05) is 6.54 Å². The van der Waals surface area contributed by atoms with Crippen molar-refractivity contribution in [3.05, 3.63) is 55.4 Å². The number of hydrogen-bond donors (Lipinski definition) is 1. The number of benzene rings is 1. The molecule has 0 spiro atoms. The summed E-state index contributed by atoms with van der Waals surface area (Å²) in [6, 6.07) is 8.63. The summed E-state index contributed by atoms with van der Waals surface area (Å²) in [5, 5.41) is 3.71. The van der Waals surface area contributed by atoms with E-state index in [1.54, 1.807) is 23.5 Å². The molecule has 2 aromatic rings. The minimum atomic E-state index is -0.280. The van der Waals surface area contributed by atoms with E-state index < -0.39 is 0 Å². The summed E-state index contributed by atoms with van der Waals surface area (Å²) in [4.78, 5) is 1.07. The maximum atomic E-state index is 14.0. The molecule has 1 aromatic heterocycles. The van der Waals surface area contributed by atoms with Gasteiger partial charge in [0.2, 0.25) is 0 Å². The Bertz CT molecular complexity index is 544. The zero-order valence-electron chi connectivity index (χ0n) is 9.71. The molecule has 0 amide bonds. The fourth-order valence-electron chi connectivity index (χ4n) is 1.79. The van der Waals surface area contributed by atoms with Gasteiger partial charge in [0.05, 0.1) is 9.83 Å². The van der Waals surface area contributed by atoms with Crippen LogP contribution in [0.1, 0.15) is 23.4 Å². The van der Waals surface area contributed by atoms with E-state index in [0.29, 0.717) is 10.6 Å². The molecule has 0 aliphatic heterocycles. The van der Waals surface area contributed by atoms with E-state index in [-0.39, 0.29) is 11.9 Å². The largest absolute Gasteiger partial charge is 0.306 e. The molecule has 1 nitrogen and oxygen atoms in total. The van der Waals surface area contributed by atoms with Gasteiger partial charge < -0.3 is 5.32 Å². The third-order valence-electron chi connectivity index (χ3n) is 2.56. The Morgan fingerprint density at radius 2 is 2.17 bits per heavy atom. The fraction of sp³-hybridized carbons (Fsp3) is 0.231. The summed E-state index contributed by atoms with van der Waals surface area (Å²) >= 11 is 10.8. The van der Waals surface area contributed by atoms with E-state index in [4.69, 9.17) is 11.6 Å². The van der Waals surface area contributed by atoms with Crippen LogP contribution < -0.4 is 5.32 Å². The lowest BCUT2D eigenvalue weighted by Gasteiger charge is -2.17. The molecular weight excluding hydrogens is 337 g/mol. The van der Waals surface area contributed by atoms with Gasteiger partial charge in [-0.3, -0.25) is 0 Å². The second-order valence-electron chi connectivity index (χ2n) is 3.80. The van der Waals surface area contributed by atoms with Gasteiger partial charge in [0.1, 0.15) is 5.82 Å². The highest BCUT2D eigenvalue weighted by Crippen LogP contribution is 2.33. The molecule has 1 atom stereocenters. The first-order chi connectivity index (χ1) is 8.61. The molecule has 0 fully saturated rings. The maximum absolute atomic E-state index is 14.0. The van der Waals surface area contributed by atoms with Crippen LogP contribution in [0.3, 0.4) is 0 Å². The van der Waals surface area contributed by atoms with Crippen LogP contribution in [-0.4, -0.2) is 6.54 Å². The first kappa shape index (κ1) is 14.0. The third kappa shape index (κ3) is 3.12. The Morgan fingerprint density at radius 3 is 2.72 bits per heavy atom. The quantitative estimate of drug-likeness (QED) is 0.819. The first-order valence-corrected chi connectivity index (χ1v) is 7.54. The molecule has 1 N–H and O–H groups in total. The molecule has 1 heterocycles. The standard InChI is InChI=1S/C13H12BrClFNS/c1-2-17-13(11-5-6-12(14)18-11)9-4-3-8(15)7-10(9)16/h3-7,13,17H,2H2,1H3. The third-order valence-corrected chi connectivity index (χ3v) is 4.48. The van der Waals surface area contributed by atoms with Crippen molar-refractivity contribution in [1.82, 2.24) is 5.32 Å². The summed E-state index contributed by atoms with van der Waals surface area (Å²) in [6.07, 6.45) is 0. The number of rotatable bonds is 4. The zero-order valence-corrected chi connectivity index (χ0v) is 12.9. The van der Waals surface area contributed by atoms with Gasteiger partial charge in [-0.05, 0) is 46.7 Å². The zero-order chi connectivity index (χ0) is 13.1. The van der Waals surface area contributed by atoms with Crippen LogP contribution in [0, 0.1) is 5.82 Å². The van der Waals surface area contributed by atoms with Crippen molar-refractivity contribution < 1.29 is 4.39 Å². The Hall–Kier alpha value is -0.420. The van der Waals surface area contributed by atoms with Crippen molar-refractivity contribution in [2.45, 2.75) is 13.0 Å². The summed E-state index contributed by atoms with van der Waals surface area (Å²) in [5.41, 5.74) is 0.621. The van der Waals surface area contributed by atoms with Crippen molar-refractivity contribution in [3.63, 3.8) is 0 Å². The van der Waals surface area contributed by atoms with Gasteiger partial charge >= 0.3 is 0 Å². The van der Waals surface area contributed by atoms with Crippen LogP contribution in [0.2, 0.25) is 5.02 Å². The van der Waals surface area contributed by atoms with E-state index in [1.807, 2.05) is 19.1 Å². The van der Waals surface area contributed by atoms with Crippen molar-refractivity contribution >= 4 is 38.9 Å². The van der Waals surface area contributed by atoms with E-state index in [1.165, 1.54) is 6.07 Å². The molecule has 5 heteroatoms. The van der Waals surface area contributed by atoms with Gasteiger partial charge in [-0.25, -0.2) is 4.39 Å². The van der Waals surface area contributed by atoms with Crippen LogP contribution in [0.15, 0.2) is 34.1 Å². The second-order valence-corrected chi connectivity index (χ2v) is 6.73. The molecule has 0 bridgehead atoms. The van der Waals surface area contributed by atoms with Crippen LogP contribution in [0.5, 0.6) is 0 Å². The van der Waals surface area contributed by atoms with Gasteiger partial charge in [-0.1, -0.05) is 24.6 Å². The van der Waals surface area contributed by atoms with Gasteiger partial charge in [-0.15, -0.1) is 11.3 Å². The monoisotopic (exact) mass is 347 g/mol. The Balaban J connectivity index is 2.41. The van der Waals surface area contributed by atoms with Crippen LogP contribution in [0.25, 0.3) is 0 Å². The lowest BCUT2D eigenvalue weighted by Crippen LogP contribution is -2.22. The van der Waals surface area contributed by atoms with Crippen LogP contribution >= 0.6 is 38.9 Å². The van der Waals surface area contributed by atoms with E-state index in [2.05, 4.69) is 21.2 Å². The van der Waals surface area contributed by atoms with Gasteiger partial charge in [-0.2, -0.15) is 0 Å². The molecule has 1 aromatic carbocycles. The summed E-state index contributed by atoms with van der Waals surface area (Å²) < 4.78 is 15.0. The fourth-order valence-corrected chi connectivity index (χ4v) is 3.46. The summed E-state index contributed by atoms with van der Waals surface area (Å²) in [6.45, 7) is 2.77. The van der Waals surface area contributed by atoms with Gasteiger partial charge in [0.25, 0.3) is 0 Å². The molecule has 0 saturated heterocycles. The Morgan fingerprint density at radius 1 is 1.39 bits per heavy atom. The van der Waals surface area contributed by atoms with E-state index >= 15 is 0 Å². The topological polar surface area (TPSA) is 12.0 Å². The molecule has 0 radical (unpaired) electrons. The average molecular weight is 349 g/mol. The molecule has 96 valence electrons. The minimum Gasteiger partial charge on any atom is -0.306 e. The maximum Gasteiger partial charge on any atom is 0.129 e. The second kappa shape index (κ2) is 6.15. The van der Waals surface area contributed by atoms with Gasteiger partial charge in [0.15, 0.2) is 0 Å². The molecule has 0 aliphatic rings. The highest BCUT2D eigenvalue weighted by atomic mass is 79.9. The minimum absolute atomic E-state index is 0.136. The molecule has 2 rings (SSSR count). The molecule has 1 unspecified atom stereocenters. The van der Waals surface area contributed by atoms with Crippen molar-refractivity contribution in [1.29, 1.82) is 0 Å². The number of thiophene rings is 1. The highest BCUT2D eigenvalue weighted by molar-refractivity contribution is 9.11. The Kier molecular flexibility index (Phi) is 4.78. The summed E-state index contributed by atoms with van der Waals surface area (Å²) in [7, 11) is 0. The number of hydrogen-bond acceptors (Lipinski definition) is 2.